The minimum Gasteiger partial charge on any atom is -0.406 e. The summed E-state index contributed by atoms with van der Waals surface area (Å²) in [5, 5.41) is 2.62. The first-order valence-electron chi connectivity index (χ1n) is 9.18. The zero-order chi connectivity index (χ0) is 23.1. The number of alkyl halides is 5. The van der Waals surface area contributed by atoms with Crippen LogP contribution in [0, 0.1) is 6.92 Å². The number of nitrogens with one attached hydrogen (secondary N) is 1. The third kappa shape index (κ3) is 4.58. The number of ether oxygens (including phenoxy) is 3. The molecule has 0 fully saturated rings. The smallest absolute Gasteiger partial charge is 0.406 e. The number of halogens is 5. The molecule has 0 saturated carbocycles. The van der Waals surface area contributed by atoms with Crippen molar-refractivity contribution in [3.05, 3.63) is 71.8 Å². The van der Waals surface area contributed by atoms with E-state index in [9.17, 15) is 26.7 Å². The van der Waals surface area contributed by atoms with E-state index in [0.29, 0.717) is 16.7 Å². The quantitative estimate of drug-likeness (QED) is 0.485. The second-order valence-corrected chi connectivity index (χ2v) is 6.85. The molecule has 1 heterocycles. The van der Waals surface area contributed by atoms with Gasteiger partial charge in [0.15, 0.2) is 11.5 Å². The molecule has 0 aromatic heterocycles. The van der Waals surface area contributed by atoms with Crippen LogP contribution < -0.4 is 19.5 Å². The van der Waals surface area contributed by atoms with Crippen LogP contribution in [0.2, 0.25) is 0 Å². The number of anilines is 1. The van der Waals surface area contributed by atoms with Gasteiger partial charge in [-0.25, -0.2) is 0 Å². The van der Waals surface area contributed by atoms with Gasteiger partial charge in [0, 0.05) is 11.8 Å². The number of benzene rings is 3. The average Bonchev–Trinajstić information content (AvgIpc) is 3.00. The van der Waals surface area contributed by atoms with Crippen LogP contribution in [0.25, 0.3) is 11.1 Å². The van der Waals surface area contributed by atoms with Crippen LogP contribution in [-0.2, 0) is 0 Å². The molecule has 3 aromatic carbocycles. The SMILES string of the molecule is Cc1cccc(-c2ccc(OC(F)(F)F)cc2)c1C(=O)Nc1ccc2c(c1)OC(F)(F)O2. The maximum absolute atomic E-state index is 13.2. The Balaban J connectivity index is 1.61. The van der Waals surface area contributed by atoms with Crippen LogP contribution in [0.4, 0.5) is 27.6 Å². The number of hydrogen-bond donors (Lipinski definition) is 1. The molecule has 32 heavy (non-hydrogen) atoms. The van der Waals surface area contributed by atoms with Crippen LogP contribution in [0.1, 0.15) is 15.9 Å². The summed E-state index contributed by atoms with van der Waals surface area (Å²) in [4.78, 5) is 13.0. The fraction of sp³-hybridized carbons (Fsp3) is 0.136. The Hall–Kier alpha value is -3.82. The second kappa shape index (κ2) is 7.70. The number of amides is 1. The van der Waals surface area contributed by atoms with Gasteiger partial charge in [-0.3, -0.25) is 4.79 Å². The molecular weight excluding hydrogens is 437 g/mol. The molecule has 0 spiro atoms. The lowest BCUT2D eigenvalue weighted by Crippen LogP contribution is -2.25. The van der Waals surface area contributed by atoms with Gasteiger partial charge < -0.3 is 19.5 Å². The van der Waals surface area contributed by atoms with Gasteiger partial charge in [-0.05, 0) is 47.9 Å². The highest BCUT2D eigenvalue weighted by Crippen LogP contribution is 2.42. The summed E-state index contributed by atoms with van der Waals surface area (Å²) in [5.41, 5.74) is 2.01. The molecule has 1 amide bonds. The van der Waals surface area contributed by atoms with Gasteiger partial charge in [-0.15, -0.1) is 22.0 Å². The van der Waals surface area contributed by atoms with Crippen molar-refractivity contribution in [2.45, 2.75) is 19.6 Å². The third-order valence-electron chi connectivity index (χ3n) is 4.56. The minimum absolute atomic E-state index is 0.161. The molecule has 166 valence electrons. The largest absolute Gasteiger partial charge is 0.586 e. The van der Waals surface area contributed by atoms with Crippen molar-refractivity contribution in [2.24, 2.45) is 0 Å². The minimum atomic E-state index is -4.82. The van der Waals surface area contributed by atoms with Gasteiger partial charge in [0.1, 0.15) is 5.75 Å². The first-order valence-corrected chi connectivity index (χ1v) is 9.18. The van der Waals surface area contributed by atoms with Crippen molar-refractivity contribution in [3.8, 4) is 28.4 Å². The van der Waals surface area contributed by atoms with E-state index in [1.165, 1.54) is 30.3 Å². The third-order valence-corrected chi connectivity index (χ3v) is 4.56. The Morgan fingerprint density at radius 1 is 0.969 bits per heavy atom. The van der Waals surface area contributed by atoms with E-state index in [4.69, 9.17) is 0 Å². The van der Waals surface area contributed by atoms with Crippen molar-refractivity contribution in [1.29, 1.82) is 0 Å². The predicted octanol–water partition coefficient (Wildman–Crippen LogP) is 6.13. The highest BCUT2D eigenvalue weighted by atomic mass is 19.4. The average molecular weight is 451 g/mol. The van der Waals surface area contributed by atoms with Crippen LogP contribution in [-0.4, -0.2) is 18.6 Å². The van der Waals surface area contributed by atoms with Gasteiger partial charge in [0.05, 0.1) is 5.56 Å². The molecule has 0 aliphatic carbocycles. The number of carbonyl (C=O) groups excluding carboxylic acids is 1. The molecule has 0 atom stereocenters. The predicted molar refractivity (Wildman–Crippen MR) is 104 cm³/mol. The van der Waals surface area contributed by atoms with Crippen LogP contribution in [0.3, 0.4) is 0 Å². The number of fused-ring (bicyclic) bond motifs is 1. The van der Waals surface area contributed by atoms with E-state index in [0.717, 1.165) is 12.1 Å². The highest BCUT2D eigenvalue weighted by molar-refractivity contribution is 6.09. The van der Waals surface area contributed by atoms with Crippen LogP contribution >= 0.6 is 0 Å². The maximum Gasteiger partial charge on any atom is 0.586 e. The van der Waals surface area contributed by atoms with Crippen molar-refractivity contribution in [3.63, 3.8) is 0 Å². The molecule has 0 bridgehead atoms. The lowest BCUT2D eigenvalue weighted by Gasteiger charge is -2.14. The Kier molecular flexibility index (Phi) is 5.15. The molecule has 10 heteroatoms. The zero-order valence-electron chi connectivity index (χ0n) is 16.3. The summed E-state index contributed by atoms with van der Waals surface area (Å²) >= 11 is 0. The second-order valence-electron chi connectivity index (χ2n) is 6.85. The standard InChI is InChI=1S/C22H14F5NO4/c1-12-3-2-4-16(13-5-8-15(9-6-13)30-21(23,24)25)19(12)20(29)28-14-7-10-17-18(11-14)32-22(26,27)31-17/h2-11H,1H3,(H,28,29). The van der Waals surface area contributed by atoms with Crippen molar-refractivity contribution in [1.82, 2.24) is 0 Å². The molecule has 1 N–H and O–H groups in total. The van der Waals surface area contributed by atoms with E-state index < -0.39 is 24.3 Å². The Bertz CT molecular complexity index is 1180. The first kappa shape index (κ1) is 21.4. The fourth-order valence-corrected chi connectivity index (χ4v) is 3.27. The maximum atomic E-state index is 13.2. The summed E-state index contributed by atoms with van der Waals surface area (Å²) in [6, 6.07) is 13.9. The zero-order valence-corrected chi connectivity index (χ0v) is 16.3. The summed E-state index contributed by atoms with van der Waals surface area (Å²) in [6.45, 7) is 1.69. The Morgan fingerprint density at radius 3 is 2.34 bits per heavy atom. The van der Waals surface area contributed by atoms with Gasteiger partial charge in [-0.2, -0.15) is 0 Å². The Morgan fingerprint density at radius 2 is 1.66 bits per heavy atom. The molecule has 4 rings (SSSR count). The molecule has 0 unspecified atom stereocenters. The summed E-state index contributed by atoms with van der Waals surface area (Å²) in [7, 11) is 0. The van der Waals surface area contributed by atoms with Gasteiger partial charge in [0.25, 0.3) is 5.91 Å². The lowest BCUT2D eigenvalue weighted by molar-refractivity contribution is -0.286. The van der Waals surface area contributed by atoms with Crippen molar-refractivity contribution >= 4 is 11.6 Å². The first-order chi connectivity index (χ1) is 15.0. The normalized spacial score (nSPS) is 14.2. The fourth-order valence-electron chi connectivity index (χ4n) is 3.27. The van der Waals surface area contributed by atoms with E-state index >= 15 is 0 Å². The molecule has 1 aliphatic heterocycles. The number of aryl methyl sites for hydroxylation is 1. The van der Waals surface area contributed by atoms with Crippen molar-refractivity contribution < 1.29 is 41.0 Å². The number of hydrogen-bond acceptors (Lipinski definition) is 4. The van der Waals surface area contributed by atoms with Gasteiger partial charge >= 0.3 is 12.7 Å². The summed E-state index contributed by atoms with van der Waals surface area (Å²) in [5.74, 6) is -1.32. The molecule has 1 aliphatic rings. The molecule has 5 nitrogen and oxygen atoms in total. The lowest BCUT2D eigenvalue weighted by atomic mass is 9.95. The van der Waals surface area contributed by atoms with Crippen molar-refractivity contribution in [2.75, 3.05) is 5.32 Å². The molecule has 3 aromatic rings. The van der Waals surface area contributed by atoms with Gasteiger partial charge in [0.2, 0.25) is 0 Å². The molecule has 0 saturated heterocycles. The molecular formula is C22H14F5NO4. The Labute approximate surface area is 178 Å². The van der Waals surface area contributed by atoms with Gasteiger partial charge in [-0.1, -0.05) is 30.3 Å². The topological polar surface area (TPSA) is 56.8 Å². The number of carbonyl (C=O) groups is 1. The molecule has 0 radical (unpaired) electrons. The van der Waals surface area contributed by atoms with Crippen LogP contribution in [0.5, 0.6) is 17.2 Å². The summed E-state index contributed by atoms with van der Waals surface area (Å²) in [6.07, 6.45) is -8.60. The van der Waals surface area contributed by atoms with E-state index in [1.807, 2.05) is 0 Å². The number of rotatable bonds is 4. The summed E-state index contributed by atoms with van der Waals surface area (Å²) < 4.78 is 76.2. The monoisotopic (exact) mass is 451 g/mol. The van der Waals surface area contributed by atoms with E-state index in [2.05, 4.69) is 19.5 Å². The van der Waals surface area contributed by atoms with E-state index in [1.54, 1.807) is 25.1 Å². The van der Waals surface area contributed by atoms with Crippen LogP contribution in [0.15, 0.2) is 60.7 Å². The van der Waals surface area contributed by atoms with E-state index in [-0.39, 0.29) is 22.7 Å². The highest BCUT2D eigenvalue weighted by Gasteiger charge is 2.43.